The summed E-state index contributed by atoms with van der Waals surface area (Å²) in [6.45, 7) is 3.01. The maximum Gasteiger partial charge on any atom is 0.226 e. The van der Waals surface area contributed by atoms with E-state index in [0.717, 1.165) is 11.4 Å². The molecule has 0 spiro atoms. The molecule has 2 rings (SSSR count). The number of anilines is 2. The van der Waals surface area contributed by atoms with Crippen LogP contribution in [-0.2, 0) is 4.79 Å². The Balaban J connectivity index is 1.85. The van der Waals surface area contributed by atoms with E-state index in [0.29, 0.717) is 35.3 Å². The highest BCUT2D eigenvalue weighted by Gasteiger charge is 2.06. The molecule has 0 atom stereocenters. The highest BCUT2D eigenvalue weighted by atomic mass is 35.5. The normalized spacial score (nSPS) is 10.2. The van der Waals surface area contributed by atoms with Gasteiger partial charge in [-0.05, 0) is 37.3 Å². The smallest absolute Gasteiger partial charge is 0.226 e. The highest BCUT2D eigenvalue weighted by molar-refractivity contribution is 6.35. The van der Waals surface area contributed by atoms with E-state index in [1.54, 1.807) is 18.2 Å². The summed E-state index contributed by atoms with van der Waals surface area (Å²) in [5.74, 6) is 0.654. The standard InChI is InChI=1S/C17H18Cl2N2O2/c1-2-23-16-6-4-3-5-15(16)20-8-7-17(22)21-14-10-12(18)9-13(19)11-14/h3-6,9-11,20H,2,7-8H2,1H3,(H,21,22). The average Bonchev–Trinajstić information content (AvgIpc) is 2.48. The summed E-state index contributed by atoms with van der Waals surface area (Å²) >= 11 is 11.8. The highest BCUT2D eigenvalue weighted by Crippen LogP contribution is 2.24. The molecule has 0 aliphatic carbocycles. The number of hydrogen-bond acceptors (Lipinski definition) is 3. The van der Waals surface area contributed by atoms with Crippen LogP contribution < -0.4 is 15.4 Å². The van der Waals surface area contributed by atoms with Gasteiger partial charge in [-0.25, -0.2) is 0 Å². The van der Waals surface area contributed by atoms with Crippen molar-refractivity contribution in [2.45, 2.75) is 13.3 Å². The van der Waals surface area contributed by atoms with Crippen LogP contribution in [0.25, 0.3) is 0 Å². The number of nitrogens with one attached hydrogen (secondary N) is 2. The van der Waals surface area contributed by atoms with Crippen molar-refractivity contribution in [3.8, 4) is 5.75 Å². The Morgan fingerprint density at radius 2 is 1.83 bits per heavy atom. The van der Waals surface area contributed by atoms with Crippen molar-refractivity contribution >= 4 is 40.5 Å². The number of para-hydroxylation sites is 2. The monoisotopic (exact) mass is 352 g/mol. The number of carbonyl (C=O) groups excluding carboxylic acids is 1. The van der Waals surface area contributed by atoms with Gasteiger partial charge < -0.3 is 15.4 Å². The molecule has 0 radical (unpaired) electrons. The van der Waals surface area contributed by atoms with E-state index < -0.39 is 0 Å². The number of rotatable bonds is 7. The molecule has 6 heteroatoms. The predicted octanol–water partition coefficient (Wildman–Crippen LogP) is 4.83. The predicted molar refractivity (Wildman–Crippen MR) is 95.8 cm³/mol. The van der Waals surface area contributed by atoms with Gasteiger partial charge >= 0.3 is 0 Å². The maximum atomic E-state index is 12.0. The summed E-state index contributed by atoms with van der Waals surface area (Å²) < 4.78 is 5.52. The first-order valence-corrected chi connectivity index (χ1v) is 8.05. The third-order valence-electron chi connectivity index (χ3n) is 3.00. The van der Waals surface area contributed by atoms with Crippen molar-refractivity contribution in [2.24, 2.45) is 0 Å². The van der Waals surface area contributed by atoms with E-state index in [4.69, 9.17) is 27.9 Å². The molecule has 0 fully saturated rings. The van der Waals surface area contributed by atoms with Crippen molar-refractivity contribution < 1.29 is 9.53 Å². The molecule has 0 heterocycles. The number of carbonyl (C=O) groups is 1. The first kappa shape index (κ1) is 17.4. The molecule has 2 aromatic rings. The second-order valence-electron chi connectivity index (χ2n) is 4.81. The first-order chi connectivity index (χ1) is 11.1. The van der Waals surface area contributed by atoms with Gasteiger partial charge in [0.2, 0.25) is 5.91 Å². The Morgan fingerprint density at radius 1 is 1.13 bits per heavy atom. The van der Waals surface area contributed by atoms with E-state index in [-0.39, 0.29) is 5.91 Å². The quantitative estimate of drug-likeness (QED) is 0.749. The van der Waals surface area contributed by atoms with Gasteiger partial charge in [-0.2, -0.15) is 0 Å². The van der Waals surface area contributed by atoms with Crippen LogP contribution in [0.2, 0.25) is 10.0 Å². The SMILES string of the molecule is CCOc1ccccc1NCCC(=O)Nc1cc(Cl)cc(Cl)c1. The van der Waals surface area contributed by atoms with Crippen LogP contribution in [0.4, 0.5) is 11.4 Å². The van der Waals surface area contributed by atoms with Crippen LogP contribution in [0.15, 0.2) is 42.5 Å². The number of hydrogen-bond donors (Lipinski definition) is 2. The lowest BCUT2D eigenvalue weighted by molar-refractivity contribution is -0.115. The zero-order valence-corrected chi connectivity index (χ0v) is 14.2. The minimum absolute atomic E-state index is 0.121. The topological polar surface area (TPSA) is 50.4 Å². The van der Waals surface area contributed by atoms with Crippen molar-refractivity contribution in [1.82, 2.24) is 0 Å². The Morgan fingerprint density at radius 3 is 2.52 bits per heavy atom. The molecule has 122 valence electrons. The van der Waals surface area contributed by atoms with Crippen LogP contribution in [0.5, 0.6) is 5.75 Å². The second kappa shape index (κ2) is 8.65. The van der Waals surface area contributed by atoms with Crippen LogP contribution in [0.1, 0.15) is 13.3 Å². The molecule has 0 saturated carbocycles. The van der Waals surface area contributed by atoms with Gasteiger partial charge in [0.15, 0.2) is 0 Å². The van der Waals surface area contributed by atoms with Crippen molar-refractivity contribution in [1.29, 1.82) is 0 Å². The van der Waals surface area contributed by atoms with Gasteiger partial charge in [-0.1, -0.05) is 35.3 Å². The third kappa shape index (κ3) is 5.66. The van der Waals surface area contributed by atoms with E-state index in [9.17, 15) is 4.79 Å². The molecule has 0 aromatic heterocycles. The maximum absolute atomic E-state index is 12.0. The summed E-state index contributed by atoms with van der Waals surface area (Å²) in [5, 5.41) is 6.94. The van der Waals surface area contributed by atoms with Gasteiger partial charge in [0.25, 0.3) is 0 Å². The summed E-state index contributed by atoms with van der Waals surface area (Å²) in [5.41, 5.74) is 1.45. The number of ether oxygens (including phenoxy) is 1. The second-order valence-corrected chi connectivity index (χ2v) is 5.69. The molecule has 0 aliphatic rings. The van der Waals surface area contributed by atoms with E-state index in [2.05, 4.69) is 10.6 Å². The molecular formula is C17H18Cl2N2O2. The summed E-state index contributed by atoms with van der Waals surface area (Å²) in [7, 11) is 0. The minimum Gasteiger partial charge on any atom is -0.492 e. The van der Waals surface area contributed by atoms with Crippen molar-refractivity contribution in [2.75, 3.05) is 23.8 Å². The summed E-state index contributed by atoms with van der Waals surface area (Å²) in [4.78, 5) is 12.0. The lowest BCUT2D eigenvalue weighted by atomic mass is 10.2. The van der Waals surface area contributed by atoms with Crippen LogP contribution in [0, 0.1) is 0 Å². The molecule has 0 unspecified atom stereocenters. The summed E-state index contributed by atoms with van der Waals surface area (Å²) in [6, 6.07) is 12.6. The molecular weight excluding hydrogens is 335 g/mol. The minimum atomic E-state index is -0.121. The zero-order chi connectivity index (χ0) is 16.7. The lowest BCUT2D eigenvalue weighted by Crippen LogP contribution is -2.16. The fourth-order valence-electron chi connectivity index (χ4n) is 2.05. The first-order valence-electron chi connectivity index (χ1n) is 7.30. The van der Waals surface area contributed by atoms with E-state index in [1.165, 1.54) is 0 Å². The largest absolute Gasteiger partial charge is 0.492 e. The van der Waals surface area contributed by atoms with Gasteiger partial charge in [0.1, 0.15) is 5.75 Å². The molecule has 0 bridgehead atoms. The summed E-state index contributed by atoms with van der Waals surface area (Å²) in [6.07, 6.45) is 0.310. The van der Waals surface area contributed by atoms with Crippen molar-refractivity contribution in [3.63, 3.8) is 0 Å². The van der Waals surface area contributed by atoms with Gasteiger partial charge in [0.05, 0.1) is 12.3 Å². The third-order valence-corrected chi connectivity index (χ3v) is 3.44. The Kier molecular flexibility index (Phi) is 6.56. The van der Waals surface area contributed by atoms with Crippen LogP contribution in [-0.4, -0.2) is 19.1 Å². The van der Waals surface area contributed by atoms with Gasteiger partial charge in [0, 0.05) is 28.7 Å². The van der Waals surface area contributed by atoms with Crippen LogP contribution in [0.3, 0.4) is 0 Å². The van der Waals surface area contributed by atoms with Gasteiger partial charge in [-0.3, -0.25) is 4.79 Å². The van der Waals surface area contributed by atoms with Gasteiger partial charge in [-0.15, -0.1) is 0 Å². The molecule has 0 aliphatic heterocycles. The van der Waals surface area contributed by atoms with E-state index in [1.807, 2.05) is 31.2 Å². The molecule has 1 amide bonds. The zero-order valence-electron chi connectivity index (χ0n) is 12.7. The Hall–Kier alpha value is -1.91. The molecule has 2 aromatic carbocycles. The fraction of sp³-hybridized carbons (Fsp3) is 0.235. The fourth-order valence-corrected chi connectivity index (χ4v) is 2.58. The van der Waals surface area contributed by atoms with E-state index >= 15 is 0 Å². The van der Waals surface area contributed by atoms with Crippen molar-refractivity contribution in [3.05, 3.63) is 52.5 Å². The molecule has 0 saturated heterocycles. The number of amides is 1. The Bertz CT molecular complexity index is 657. The van der Waals surface area contributed by atoms with Crippen LogP contribution >= 0.6 is 23.2 Å². The number of benzene rings is 2. The lowest BCUT2D eigenvalue weighted by Gasteiger charge is -2.12. The Labute approximate surface area is 145 Å². The number of halogens is 2. The molecule has 4 nitrogen and oxygen atoms in total. The molecule has 23 heavy (non-hydrogen) atoms. The average molecular weight is 353 g/mol. The molecule has 2 N–H and O–H groups in total.